The van der Waals surface area contributed by atoms with Crippen molar-refractivity contribution >= 4 is 17.5 Å². The monoisotopic (exact) mass is 598 g/mol. The van der Waals surface area contributed by atoms with Crippen molar-refractivity contribution in [3.05, 3.63) is 75.6 Å². The molecular formula is C31H37ClF2N6O2. The zero-order valence-electron chi connectivity index (χ0n) is 24.1. The van der Waals surface area contributed by atoms with E-state index >= 15 is 4.39 Å². The van der Waals surface area contributed by atoms with Crippen molar-refractivity contribution in [2.75, 3.05) is 39.4 Å². The number of likely N-dealkylation sites (tertiary alicyclic amines) is 2. The molecule has 3 saturated heterocycles. The molecule has 42 heavy (non-hydrogen) atoms. The number of piperidine rings is 1. The zero-order chi connectivity index (χ0) is 29.4. The number of nitrogens with zero attached hydrogens (tertiary/aromatic N) is 6. The Bertz CT molecular complexity index is 1410. The number of aromatic nitrogens is 4. The van der Waals surface area contributed by atoms with Gasteiger partial charge in [-0.3, -0.25) is 9.69 Å². The molecule has 0 N–H and O–H groups in total. The van der Waals surface area contributed by atoms with Gasteiger partial charge in [-0.15, -0.1) is 5.10 Å². The van der Waals surface area contributed by atoms with E-state index in [1.165, 1.54) is 17.7 Å². The van der Waals surface area contributed by atoms with Gasteiger partial charge in [-0.1, -0.05) is 23.7 Å². The van der Waals surface area contributed by atoms with Gasteiger partial charge in [0.1, 0.15) is 18.0 Å². The van der Waals surface area contributed by atoms with Crippen LogP contribution in [0, 0.1) is 24.5 Å². The highest BCUT2D eigenvalue weighted by atomic mass is 35.5. The predicted molar refractivity (Wildman–Crippen MR) is 154 cm³/mol. The second kappa shape index (κ2) is 12.3. The van der Waals surface area contributed by atoms with E-state index in [9.17, 15) is 9.18 Å². The van der Waals surface area contributed by atoms with Crippen LogP contribution in [0.15, 0.2) is 36.7 Å². The van der Waals surface area contributed by atoms with Gasteiger partial charge < -0.3 is 9.64 Å². The maximum absolute atomic E-state index is 15.0. The lowest BCUT2D eigenvalue weighted by molar-refractivity contribution is -0.136. The van der Waals surface area contributed by atoms with Crippen molar-refractivity contribution in [3.63, 3.8) is 0 Å². The summed E-state index contributed by atoms with van der Waals surface area (Å²) in [5, 5.41) is 12.4. The minimum atomic E-state index is -0.606. The largest absolute Gasteiger partial charge is 0.381 e. The number of ether oxygens (including phenoxy) is 1. The maximum atomic E-state index is 15.0. The number of benzene rings is 2. The number of amides is 1. The number of hydrogen-bond donors (Lipinski definition) is 0. The molecule has 8 nitrogen and oxygen atoms in total. The minimum absolute atomic E-state index is 0.0564. The van der Waals surface area contributed by atoms with Crippen LogP contribution < -0.4 is 0 Å². The van der Waals surface area contributed by atoms with E-state index in [4.69, 9.17) is 16.3 Å². The Hall–Kier alpha value is -2.95. The third-order valence-corrected chi connectivity index (χ3v) is 9.96. The molecule has 3 atom stereocenters. The molecule has 11 heteroatoms. The lowest BCUT2D eigenvalue weighted by Crippen LogP contribution is -2.44. The molecule has 0 spiro atoms. The number of carbonyl (C=O) groups is 1. The fourth-order valence-corrected chi connectivity index (χ4v) is 7.29. The third kappa shape index (κ3) is 5.81. The zero-order valence-corrected chi connectivity index (χ0v) is 24.8. The standard InChI is InChI=1S/C31H37ClF2N6O2/c1-19-13-25(20(2)40-18-35-36-37-40)26(15-29(19)32)21-5-9-38(10-6-21)31(41)28-17-39(23-7-11-42-12-8-23)16-27(28)24-4-3-22(33)14-30(24)34/h3-4,13-15,18,20-21,23,27-28H,5-12,16-17H2,1-2H3. The van der Waals surface area contributed by atoms with Crippen LogP contribution in [0.5, 0.6) is 0 Å². The number of rotatable bonds is 6. The number of carbonyl (C=O) groups excluding carboxylic acids is 1. The number of aryl methyl sites for hydroxylation is 1. The van der Waals surface area contributed by atoms with E-state index in [0.717, 1.165) is 47.9 Å². The van der Waals surface area contributed by atoms with Crippen molar-refractivity contribution in [2.45, 2.75) is 63.5 Å². The molecule has 0 bridgehead atoms. The first-order valence-corrected chi connectivity index (χ1v) is 15.3. The first-order valence-electron chi connectivity index (χ1n) is 14.9. The first kappa shape index (κ1) is 29.1. The van der Waals surface area contributed by atoms with Crippen LogP contribution in [0.1, 0.15) is 72.7 Å². The highest BCUT2D eigenvalue weighted by molar-refractivity contribution is 6.31. The van der Waals surface area contributed by atoms with Gasteiger partial charge in [-0.2, -0.15) is 0 Å². The van der Waals surface area contributed by atoms with Crippen LogP contribution in [0.4, 0.5) is 8.78 Å². The quantitative estimate of drug-likeness (QED) is 0.392. The summed E-state index contributed by atoms with van der Waals surface area (Å²) >= 11 is 6.60. The van der Waals surface area contributed by atoms with Gasteiger partial charge in [0, 0.05) is 62.4 Å². The Labute approximate surface area is 250 Å². The molecular weight excluding hydrogens is 562 g/mol. The summed E-state index contributed by atoms with van der Waals surface area (Å²) in [5.74, 6) is -1.60. The Morgan fingerprint density at radius 3 is 2.50 bits per heavy atom. The van der Waals surface area contributed by atoms with Gasteiger partial charge in [0.15, 0.2) is 0 Å². The topological polar surface area (TPSA) is 76.4 Å². The van der Waals surface area contributed by atoms with E-state index in [0.29, 0.717) is 51.0 Å². The second-order valence-electron chi connectivity index (χ2n) is 12.0. The minimum Gasteiger partial charge on any atom is -0.381 e. The summed E-state index contributed by atoms with van der Waals surface area (Å²) in [4.78, 5) is 18.4. The number of hydrogen-bond acceptors (Lipinski definition) is 6. The van der Waals surface area contributed by atoms with E-state index in [2.05, 4.69) is 39.5 Å². The molecule has 3 aliphatic rings. The summed E-state index contributed by atoms with van der Waals surface area (Å²) in [6, 6.07) is 8.16. The number of halogens is 3. The van der Waals surface area contributed by atoms with Crippen LogP contribution in [-0.4, -0.2) is 81.3 Å². The molecule has 2 aromatic carbocycles. The van der Waals surface area contributed by atoms with Gasteiger partial charge >= 0.3 is 0 Å². The fourth-order valence-electron chi connectivity index (χ4n) is 7.12. The lowest BCUT2D eigenvalue weighted by atomic mass is 9.83. The van der Waals surface area contributed by atoms with Gasteiger partial charge in [-0.25, -0.2) is 13.5 Å². The molecule has 0 aliphatic carbocycles. The molecule has 1 amide bonds. The van der Waals surface area contributed by atoms with Crippen molar-refractivity contribution in [1.29, 1.82) is 0 Å². The average Bonchev–Trinajstić information content (AvgIpc) is 3.70. The Morgan fingerprint density at radius 1 is 1.05 bits per heavy atom. The summed E-state index contributed by atoms with van der Waals surface area (Å²) in [6.45, 7) is 7.83. The van der Waals surface area contributed by atoms with Gasteiger partial charge in [0.05, 0.1) is 12.0 Å². The van der Waals surface area contributed by atoms with E-state index in [1.54, 1.807) is 11.0 Å². The number of tetrazole rings is 1. The summed E-state index contributed by atoms with van der Waals surface area (Å²) in [7, 11) is 0. The third-order valence-electron chi connectivity index (χ3n) is 9.56. The highest BCUT2D eigenvalue weighted by Crippen LogP contribution is 2.40. The molecule has 3 aliphatic heterocycles. The fraction of sp³-hybridized carbons (Fsp3) is 0.548. The maximum Gasteiger partial charge on any atom is 0.227 e. The smallest absolute Gasteiger partial charge is 0.227 e. The molecule has 0 saturated carbocycles. The lowest BCUT2D eigenvalue weighted by Gasteiger charge is -2.36. The van der Waals surface area contributed by atoms with Crippen molar-refractivity contribution in [2.24, 2.45) is 5.92 Å². The average molecular weight is 599 g/mol. The van der Waals surface area contributed by atoms with Crippen LogP contribution in [0.25, 0.3) is 0 Å². The van der Waals surface area contributed by atoms with Crippen molar-refractivity contribution < 1.29 is 18.3 Å². The van der Waals surface area contributed by atoms with Crippen LogP contribution in [-0.2, 0) is 9.53 Å². The van der Waals surface area contributed by atoms with Gasteiger partial charge in [0.2, 0.25) is 5.91 Å². The molecule has 0 radical (unpaired) electrons. The Kier molecular flexibility index (Phi) is 8.56. The Balaban J connectivity index is 1.20. The molecule has 4 heterocycles. The second-order valence-corrected chi connectivity index (χ2v) is 12.4. The van der Waals surface area contributed by atoms with E-state index < -0.39 is 11.6 Å². The predicted octanol–water partition coefficient (Wildman–Crippen LogP) is 5.12. The van der Waals surface area contributed by atoms with Crippen LogP contribution in [0.2, 0.25) is 5.02 Å². The Morgan fingerprint density at radius 2 is 1.81 bits per heavy atom. The summed E-state index contributed by atoms with van der Waals surface area (Å²) in [5.41, 5.74) is 3.72. The summed E-state index contributed by atoms with van der Waals surface area (Å²) in [6.07, 6.45) is 5.01. The van der Waals surface area contributed by atoms with Crippen LogP contribution in [0.3, 0.4) is 0 Å². The SMILES string of the molecule is Cc1cc(C(C)n2cnnn2)c(C2CCN(C(=O)C3CN(C4CCOCC4)CC3c3ccc(F)cc3F)CC2)cc1Cl. The van der Waals surface area contributed by atoms with Crippen molar-refractivity contribution in [1.82, 2.24) is 30.0 Å². The van der Waals surface area contributed by atoms with E-state index in [1.807, 2.05) is 11.8 Å². The molecule has 3 unspecified atom stereocenters. The van der Waals surface area contributed by atoms with E-state index in [-0.39, 0.29) is 29.7 Å². The normalized spacial score (nSPS) is 23.4. The van der Waals surface area contributed by atoms with Crippen molar-refractivity contribution in [3.8, 4) is 0 Å². The molecule has 1 aromatic heterocycles. The van der Waals surface area contributed by atoms with Gasteiger partial charge in [0.25, 0.3) is 0 Å². The van der Waals surface area contributed by atoms with Gasteiger partial charge in [-0.05, 0) is 90.3 Å². The molecule has 224 valence electrons. The van der Waals surface area contributed by atoms with Crippen LogP contribution >= 0.6 is 11.6 Å². The highest BCUT2D eigenvalue weighted by Gasteiger charge is 2.44. The molecule has 3 fully saturated rings. The first-order chi connectivity index (χ1) is 20.3. The summed E-state index contributed by atoms with van der Waals surface area (Å²) < 4.78 is 36.1. The molecule has 3 aromatic rings. The molecule has 6 rings (SSSR count).